The monoisotopic (exact) mass is 131 g/mol. The summed E-state index contributed by atoms with van der Waals surface area (Å²) in [4.78, 5) is 0. The first-order chi connectivity index (χ1) is 4.22. The largest absolute Gasteiger partial charge is 0.390 e. The Morgan fingerprint density at radius 2 is 2.11 bits per heavy atom. The Morgan fingerprint density at radius 1 is 1.44 bits per heavy atom. The number of hydrogen-bond acceptors (Lipinski definition) is 3. The van der Waals surface area contributed by atoms with Crippen LogP contribution < -0.4 is 5.32 Å². The number of hydrogen-bond donors (Lipinski definition) is 3. The fraction of sp³-hybridized carbons (Fsp3) is 1.00. The second kappa shape index (κ2) is 2.64. The first-order valence-corrected chi connectivity index (χ1v) is 3.31. The van der Waals surface area contributed by atoms with E-state index in [1.54, 1.807) is 0 Å². The van der Waals surface area contributed by atoms with Crippen LogP contribution in [-0.4, -0.2) is 35.0 Å². The van der Waals surface area contributed by atoms with Crippen molar-refractivity contribution < 1.29 is 10.2 Å². The van der Waals surface area contributed by atoms with Crippen LogP contribution in [0.4, 0.5) is 0 Å². The third kappa shape index (κ3) is 1.41. The molecule has 1 fully saturated rings. The van der Waals surface area contributed by atoms with Gasteiger partial charge in [0.15, 0.2) is 0 Å². The van der Waals surface area contributed by atoms with Gasteiger partial charge in [0, 0.05) is 6.04 Å². The van der Waals surface area contributed by atoms with Gasteiger partial charge in [0.25, 0.3) is 0 Å². The lowest BCUT2D eigenvalue weighted by Crippen LogP contribution is -2.50. The van der Waals surface area contributed by atoms with E-state index in [2.05, 4.69) is 5.32 Å². The third-order valence-corrected chi connectivity index (χ3v) is 1.81. The van der Waals surface area contributed by atoms with Gasteiger partial charge in [-0.2, -0.15) is 0 Å². The Hall–Kier alpha value is -0.120. The van der Waals surface area contributed by atoms with Crippen LogP contribution in [0.15, 0.2) is 0 Å². The molecule has 9 heavy (non-hydrogen) atoms. The van der Waals surface area contributed by atoms with Crippen molar-refractivity contribution >= 4 is 0 Å². The van der Waals surface area contributed by atoms with Crippen LogP contribution in [-0.2, 0) is 0 Å². The Labute approximate surface area is 54.7 Å². The van der Waals surface area contributed by atoms with E-state index < -0.39 is 12.2 Å². The highest BCUT2D eigenvalue weighted by atomic mass is 16.3. The summed E-state index contributed by atoms with van der Waals surface area (Å²) in [6.07, 6.45) is -0.453. The molecule has 1 heterocycles. The van der Waals surface area contributed by atoms with E-state index in [1.165, 1.54) is 0 Å². The number of piperidine rings is 1. The van der Waals surface area contributed by atoms with E-state index in [-0.39, 0.29) is 6.04 Å². The molecule has 3 atom stereocenters. The van der Waals surface area contributed by atoms with Crippen molar-refractivity contribution in [3.05, 3.63) is 0 Å². The minimum Gasteiger partial charge on any atom is -0.390 e. The first-order valence-electron chi connectivity index (χ1n) is 3.31. The van der Waals surface area contributed by atoms with Crippen molar-refractivity contribution in [1.29, 1.82) is 0 Å². The average molecular weight is 131 g/mol. The zero-order valence-electron chi connectivity index (χ0n) is 5.54. The fourth-order valence-corrected chi connectivity index (χ4v) is 1.08. The van der Waals surface area contributed by atoms with Gasteiger partial charge in [-0.05, 0) is 19.9 Å². The van der Waals surface area contributed by atoms with Crippen molar-refractivity contribution in [2.24, 2.45) is 0 Å². The maximum atomic E-state index is 9.13. The molecule has 0 radical (unpaired) electrons. The second-order valence-corrected chi connectivity index (χ2v) is 2.59. The first kappa shape index (κ1) is 6.99. The molecule has 1 saturated heterocycles. The third-order valence-electron chi connectivity index (χ3n) is 1.81. The quantitative estimate of drug-likeness (QED) is 0.399. The summed E-state index contributed by atoms with van der Waals surface area (Å²) in [5, 5.41) is 21.2. The average Bonchev–Trinajstić information content (AvgIpc) is 1.83. The normalized spacial score (nSPS) is 45.0. The van der Waals surface area contributed by atoms with Crippen molar-refractivity contribution in [2.75, 3.05) is 6.54 Å². The van der Waals surface area contributed by atoms with Gasteiger partial charge >= 0.3 is 0 Å². The molecule has 0 amide bonds. The van der Waals surface area contributed by atoms with E-state index in [9.17, 15) is 0 Å². The van der Waals surface area contributed by atoms with Crippen LogP contribution in [0, 0.1) is 0 Å². The molecule has 0 aromatic heterocycles. The van der Waals surface area contributed by atoms with Crippen molar-refractivity contribution in [2.45, 2.75) is 31.6 Å². The van der Waals surface area contributed by atoms with E-state index in [0.29, 0.717) is 6.42 Å². The highest BCUT2D eigenvalue weighted by Crippen LogP contribution is 2.07. The van der Waals surface area contributed by atoms with Crippen LogP contribution in [0.1, 0.15) is 13.3 Å². The van der Waals surface area contributed by atoms with Gasteiger partial charge in [0.2, 0.25) is 0 Å². The molecule has 3 nitrogen and oxygen atoms in total. The summed E-state index contributed by atoms with van der Waals surface area (Å²) in [5.74, 6) is 0. The van der Waals surface area contributed by atoms with E-state index in [4.69, 9.17) is 10.2 Å². The molecule has 3 heteroatoms. The van der Waals surface area contributed by atoms with Gasteiger partial charge in [0.05, 0.1) is 12.2 Å². The molecule has 0 unspecified atom stereocenters. The molecule has 0 bridgehead atoms. The molecule has 1 rings (SSSR count). The van der Waals surface area contributed by atoms with Gasteiger partial charge in [0.1, 0.15) is 0 Å². The van der Waals surface area contributed by atoms with Gasteiger partial charge in [-0.1, -0.05) is 0 Å². The number of aliphatic hydroxyl groups is 2. The molecule has 0 aromatic carbocycles. The molecule has 3 N–H and O–H groups in total. The second-order valence-electron chi connectivity index (χ2n) is 2.59. The molecule has 54 valence electrons. The summed E-state index contributed by atoms with van der Waals surface area (Å²) in [7, 11) is 0. The van der Waals surface area contributed by atoms with Gasteiger partial charge in [-0.3, -0.25) is 0 Å². The van der Waals surface area contributed by atoms with Crippen LogP contribution >= 0.6 is 0 Å². The summed E-state index contributed by atoms with van der Waals surface area (Å²) < 4.78 is 0. The Bertz CT molecular complexity index is 87.1. The van der Waals surface area contributed by atoms with Crippen LogP contribution in [0.3, 0.4) is 0 Å². The molecular weight excluding hydrogens is 118 g/mol. The van der Waals surface area contributed by atoms with Crippen LogP contribution in [0.5, 0.6) is 0 Å². The SMILES string of the molecule is C[C@H]1NCC[C@@H](O)[C@@H]1O. The maximum Gasteiger partial charge on any atom is 0.0949 e. The minimum absolute atomic E-state index is 0.0359. The predicted molar refractivity (Wildman–Crippen MR) is 34.1 cm³/mol. The topological polar surface area (TPSA) is 52.5 Å². The smallest absolute Gasteiger partial charge is 0.0949 e. The zero-order valence-corrected chi connectivity index (χ0v) is 5.54. The van der Waals surface area contributed by atoms with Crippen molar-refractivity contribution in [3.63, 3.8) is 0 Å². The zero-order chi connectivity index (χ0) is 6.85. The van der Waals surface area contributed by atoms with Crippen LogP contribution in [0.25, 0.3) is 0 Å². The molecule has 0 aromatic rings. The highest BCUT2D eigenvalue weighted by molar-refractivity contribution is 4.83. The number of aliphatic hydroxyl groups excluding tert-OH is 2. The standard InChI is InChI=1S/C6H13NO2/c1-4-6(9)5(8)2-3-7-4/h4-9H,2-3H2,1H3/t4-,5-,6-/m1/s1. The van der Waals surface area contributed by atoms with E-state index in [1.807, 2.05) is 6.92 Å². The molecule has 0 aliphatic carbocycles. The van der Waals surface area contributed by atoms with E-state index >= 15 is 0 Å². The van der Waals surface area contributed by atoms with Gasteiger partial charge < -0.3 is 15.5 Å². The summed E-state index contributed by atoms with van der Waals surface area (Å²) in [6, 6.07) is 0.0359. The van der Waals surface area contributed by atoms with E-state index in [0.717, 1.165) is 6.54 Å². The summed E-state index contributed by atoms with van der Waals surface area (Å²) >= 11 is 0. The Kier molecular flexibility index (Phi) is 2.05. The van der Waals surface area contributed by atoms with Crippen molar-refractivity contribution in [1.82, 2.24) is 5.32 Å². The van der Waals surface area contributed by atoms with Gasteiger partial charge in [-0.15, -0.1) is 0 Å². The summed E-state index contributed by atoms with van der Waals surface area (Å²) in [5.41, 5.74) is 0. The van der Waals surface area contributed by atoms with Crippen molar-refractivity contribution in [3.8, 4) is 0 Å². The highest BCUT2D eigenvalue weighted by Gasteiger charge is 2.26. The molecule has 1 aliphatic heterocycles. The minimum atomic E-state index is -0.584. The summed E-state index contributed by atoms with van der Waals surface area (Å²) in [6.45, 7) is 2.67. The van der Waals surface area contributed by atoms with Gasteiger partial charge in [-0.25, -0.2) is 0 Å². The molecule has 1 aliphatic rings. The molecular formula is C6H13NO2. The lowest BCUT2D eigenvalue weighted by atomic mass is 10.0. The Balaban J connectivity index is 2.41. The number of rotatable bonds is 0. The predicted octanol–water partition coefficient (Wildman–Crippen LogP) is -0.910. The lowest BCUT2D eigenvalue weighted by Gasteiger charge is -2.30. The lowest BCUT2D eigenvalue weighted by molar-refractivity contribution is -0.0220. The maximum absolute atomic E-state index is 9.13. The fourth-order valence-electron chi connectivity index (χ4n) is 1.08. The number of nitrogens with one attached hydrogen (secondary N) is 1. The molecule has 0 spiro atoms. The Morgan fingerprint density at radius 3 is 2.56 bits per heavy atom. The van der Waals surface area contributed by atoms with Crippen LogP contribution in [0.2, 0.25) is 0 Å². The molecule has 0 saturated carbocycles.